The molecule has 35 heavy (non-hydrogen) atoms. The number of hydrogen-bond donors (Lipinski definition) is 0. The van der Waals surface area contributed by atoms with Gasteiger partial charge in [0.25, 0.3) is 0 Å². The van der Waals surface area contributed by atoms with E-state index in [1.807, 2.05) is 0 Å². The lowest BCUT2D eigenvalue weighted by Gasteiger charge is -2.28. The summed E-state index contributed by atoms with van der Waals surface area (Å²) in [6.07, 6.45) is 16.0. The molecule has 0 bridgehead atoms. The van der Waals surface area contributed by atoms with Crippen LogP contribution >= 0.6 is 0 Å². The highest BCUT2D eigenvalue weighted by molar-refractivity contribution is 5.91. The summed E-state index contributed by atoms with van der Waals surface area (Å²) in [6, 6.07) is 11.6. The van der Waals surface area contributed by atoms with Gasteiger partial charge in [-0.15, -0.1) is 0 Å². The van der Waals surface area contributed by atoms with Crippen LogP contribution in [0.15, 0.2) is 42.5 Å². The average Bonchev–Trinajstić information content (AvgIpc) is 2.87. The number of carbonyl (C=O) groups excluding carboxylic acids is 1. The second kappa shape index (κ2) is 14.9. The number of halogens is 1. The lowest BCUT2D eigenvalue weighted by molar-refractivity contribution is 0.0734. The summed E-state index contributed by atoms with van der Waals surface area (Å²) < 4.78 is 25.5. The lowest BCUT2D eigenvalue weighted by Crippen LogP contribution is -2.15. The standard InChI is InChI=1S/C31H43FO3/c1-3-5-7-9-24-12-14-25(15-13-24)10-8-22-34-28-19-17-27(18-20-28)31(33)35-29-21-16-26(11-6-4-2)30(32)23-29/h16-21,23-25H,3-15,22H2,1-2H3/t24-,25-. The molecule has 3 rings (SSSR count). The Morgan fingerprint density at radius 2 is 1.46 bits per heavy atom. The van der Waals surface area contributed by atoms with Crippen LogP contribution in [0.4, 0.5) is 4.39 Å². The number of esters is 1. The molecule has 0 atom stereocenters. The van der Waals surface area contributed by atoms with Gasteiger partial charge in [-0.05, 0) is 73.4 Å². The average molecular weight is 483 g/mol. The van der Waals surface area contributed by atoms with Crippen molar-refractivity contribution in [3.63, 3.8) is 0 Å². The van der Waals surface area contributed by atoms with Gasteiger partial charge in [-0.2, -0.15) is 0 Å². The molecule has 0 aromatic heterocycles. The molecule has 1 fully saturated rings. The van der Waals surface area contributed by atoms with E-state index in [0.29, 0.717) is 24.2 Å². The van der Waals surface area contributed by atoms with Crippen molar-refractivity contribution >= 4 is 5.97 Å². The summed E-state index contributed by atoms with van der Waals surface area (Å²) in [4.78, 5) is 12.4. The molecule has 0 radical (unpaired) electrons. The van der Waals surface area contributed by atoms with E-state index in [2.05, 4.69) is 13.8 Å². The zero-order chi connectivity index (χ0) is 24.9. The van der Waals surface area contributed by atoms with Gasteiger partial charge in [-0.3, -0.25) is 0 Å². The van der Waals surface area contributed by atoms with Crippen molar-refractivity contribution in [1.82, 2.24) is 0 Å². The van der Waals surface area contributed by atoms with E-state index in [9.17, 15) is 9.18 Å². The molecule has 0 heterocycles. The molecule has 0 amide bonds. The van der Waals surface area contributed by atoms with Gasteiger partial charge in [0.2, 0.25) is 0 Å². The Bertz CT molecular complexity index is 885. The van der Waals surface area contributed by atoms with Crippen LogP contribution in [0.2, 0.25) is 0 Å². The largest absolute Gasteiger partial charge is 0.494 e. The van der Waals surface area contributed by atoms with E-state index in [0.717, 1.165) is 36.8 Å². The summed E-state index contributed by atoms with van der Waals surface area (Å²) in [7, 11) is 0. The fraction of sp³-hybridized carbons (Fsp3) is 0.581. The summed E-state index contributed by atoms with van der Waals surface area (Å²) >= 11 is 0. The van der Waals surface area contributed by atoms with E-state index >= 15 is 0 Å². The minimum atomic E-state index is -0.498. The third kappa shape index (κ3) is 9.31. The van der Waals surface area contributed by atoms with Crippen molar-refractivity contribution in [2.75, 3.05) is 6.61 Å². The van der Waals surface area contributed by atoms with Gasteiger partial charge in [0.05, 0.1) is 12.2 Å². The molecular formula is C31H43FO3. The van der Waals surface area contributed by atoms with E-state index < -0.39 is 5.97 Å². The third-order valence-corrected chi connectivity index (χ3v) is 7.33. The topological polar surface area (TPSA) is 35.5 Å². The summed E-state index contributed by atoms with van der Waals surface area (Å²) in [5.74, 6) is 1.97. The molecular weight excluding hydrogens is 439 g/mol. The van der Waals surface area contributed by atoms with Crippen LogP contribution in [-0.4, -0.2) is 12.6 Å². The number of unbranched alkanes of at least 4 members (excludes halogenated alkanes) is 3. The molecule has 0 saturated heterocycles. The van der Waals surface area contributed by atoms with Crippen LogP contribution in [0.3, 0.4) is 0 Å². The van der Waals surface area contributed by atoms with Crippen LogP contribution < -0.4 is 9.47 Å². The predicted octanol–water partition coefficient (Wildman–Crippen LogP) is 8.93. The van der Waals surface area contributed by atoms with Crippen molar-refractivity contribution in [1.29, 1.82) is 0 Å². The van der Waals surface area contributed by atoms with E-state index in [1.54, 1.807) is 36.4 Å². The molecule has 2 aromatic carbocycles. The maximum absolute atomic E-state index is 14.2. The van der Waals surface area contributed by atoms with Gasteiger partial charge in [-0.25, -0.2) is 9.18 Å². The maximum Gasteiger partial charge on any atom is 0.343 e. The third-order valence-electron chi connectivity index (χ3n) is 7.33. The predicted molar refractivity (Wildman–Crippen MR) is 141 cm³/mol. The van der Waals surface area contributed by atoms with Crippen LogP contribution in [-0.2, 0) is 6.42 Å². The van der Waals surface area contributed by atoms with Gasteiger partial charge in [-0.1, -0.05) is 77.7 Å². The highest BCUT2D eigenvalue weighted by atomic mass is 19.1. The number of rotatable bonds is 14. The normalized spacial score (nSPS) is 17.8. The van der Waals surface area contributed by atoms with Gasteiger partial charge in [0.1, 0.15) is 17.3 Å². The molecule has 0 aliphatic heterocycles. The summed E-state index contributed by atoms with van der Waals surface area (Å²) in [5.41, 5.74) is 1.08. The van der Waals surface area contributed by atoms with Crippen molar-refractivity contribution in [3.8, 4) is 11.5 Å². The molecule has 0 N–H and O–H groups in total. The maximum atomic E-state index is 14.2. The number of carbonyl (C=O) groups is 1. The van der Waals surface area contributed by atoms with Gasteiger partial charge < -0.3 is 9.47 Å². The van der Waals surface area contributed by atoms with Gasteiger partial charge >= 0.3 is 5.97 Å². The molecule has 2 aromatic rings. The Morgan fingerprint density at radius 3 is 2.09 bits per heavy atom. The first kappa shape index (κ1) is 27.2. The molecule has 3 nitrogen and oxygen atoms in total. The highest BCUT2D eigenvalue weighted by Crippen LogP contribution is 2.34. The van der Waals surface area contributed by atoms with E-state index in [4.69, 9.17) is 9.47 Å². The second-order valence-electron chi connectivity index (χ2n) is 10.1. The molecule has 4 heteroatoms. The molecule has 192 valence electrons. The smallest absolute Gasteiger partial charge is 0.343 e. The Kier molecular flexibility index (Phi) is 11.6. The zero-order valence-corrected chi connectivity index (χ0v) is 21.7. The van der Waals surface area contributed by atoms with Crippen molar-refractivity contribution in [2.45, 2.75) is 97.3 Å². The monoisotopic (exact) mass is 482 g/mol. The molecule has 1 saturated carbocycles. The Balaban J connectivity index is 1.35. The number of benzene rings is 2. The summed E-state index contributed by atoms with van der Waals surface area (Å²) in [6.45, 7) is 5.05. The number of ether oxygens (including phenoxy) is 2. The van der Waals surface area contributed by atoms with Crippen LogP contribution in [0.25, 0.3) is 0 Å². The minimum absolute atomic E-state index is 0.225. The molecule has 1 aliphatic carbocycles. The molecule has 1 aliphatic rings. The Morgan fingerprint density at radius 1 is 0.829 bits per heavy atom. The zero-order valence-electron chi connectivity index (χ0n) is 21.7. The Labute approximate surface area is 211 Å². The quantitative estimate of drug-likeness (QED) is 0.153. The fourth-order valence-corrected chi connectivity index (χ4v) is 5.07. The number of hydrogen-bond acceptors (Lipinski definition) is 3. The van der Waals surface area contributed by atoms with Crippen molar-refractivity contribution in [2.24, 2.45) is 11.8 Å². The first-order valence-corrected chi connectivity index (χ1v) is 13.8. The van der Waals surface area contributed by atoms with Gasteiger partial charge in [0.15, 0.2) is 0 Å². The van der Waals surface area contributed by atoms with Crippen LogP contribution in [0.1, 0.15) is 107 Å². The van der Waals surface area contributed by atoms with Gasteiger partial charge in [0, 0.05) is 6.07 Å². The van der Waals surface area contributed by atoms with Crippen molar-refractivity contribution < 1.29 is 18.7 Å². The van der Waals surface area contributed by atoms with Crippen LogP contribution in [0.5, 0.6) is 11.5 Å². The minimum Gasteiger partial charge on any atom is -0.494 e. The first-order valence-electron chi connectivity index (χ1n) is 13.8. The SMILES string of the molecule is CCCCC[C@H]1CC[C@H](CCCOc2ccc(C(=O)Oc3ccc(CCCC)c(F)c3)cc2)CC1. The van der Waals surface area contributed by atoms with Crippen molar-refractivity contribution in [3.05, 3.63) is 59.4 Å². The van der Waals surface area contributed by atoms with Crippen LogP contribution in [0, 0.1) is 17.7 Å². The highest BCUT2D eigenvalue weighted by Gasteiger charge is 2.20. The van der Waals surface area contributed by atoms with E-state index in [1.165, 1.54) is 63.9 Å². The second-order valence-corrected chi connectivity index (χ2v) is 10.1. The molecule has 0 spiro atoms. The van der Waals surface area contributed by atoms with E-state index in [-0.39, 0.29) is 11.6 Å². The fourth-order valence-electron chi connectivity index (χ4n) is 5.07. The molecule has 0 unspecified atom stereocenters. The summed E-state index contributed by atoms with van der Waals surface area (Å²) in [5, 5.41) is 0. The first-order chi connectivity index (χ1) is 17.1. The Hall–Kier alpha value is -2.36. The lowest BCUT2D eigenvalue weighted by atomic mass is 9.78. The number of aryl methyl sites for hydroxylation is 1.